The zero-order valence-electron chi connectivity index (χ0n) is 13.4. The number of likely N-dealkylation sites (tertiary alicyclic amines) is 1. The molecule has 116 valence electrons. The molecule has 1 saturated heterocycles. The summed E-state index contributed by atoms with van der Waals surface area (Å²) < 4.78 is 0. The first-order valence-electron chi connectivity index (χ1n) is 8.13. The van der Waals surface area contributed by atoms with E-state index < -0.39 is 0 Å². The van der Waals surface area contributed by atoms with Crippen LogP contribution in [-0.4, -0.2) is 43.0 Å². The van der Waals surface area contributed by atoms with Gasteiger partial charge in [-0.25, -0.2) is 0 Å². The quantitative estimate of drug-likeness (QED) is 0.805. The molecule has 2 fully saturated rings. The van der Waals surface area contributed by atoms with Gasteiger partial charge in [0.1, 0.15) is 0 Å². The summed E-state index contributed by atoms with van der Waals surface area (Å²) in [4.78, 5) is 14.9. The second-order valence-electron chi connectivity index (χ2n) is 7.34. The van der Waals surface area contributed by atoms with E-state index in [4.69, 9.17) is 5.73 Å². The standard InChI is InChI=1S/C16H31N3O/c1-10-7-11(2)14(17)8-13(10)16(20)18-15-5-6-19(4)9-12(15)3/h10-15H,5-9,17H2,1-4H3,(H,18,20). The number of amides is 1. The van der Waals surface area contributed by atoms with Gasteiger partial charge in [-0.1, -0.05) is 20.8 Å². The molecule has 0 bridgehead atoms. The van der Waals surface area contributed by atoms with Gasteiger partial charge >= 0.3 is 0 Å². The number of hydrogen-bond donors (Lipinski definition) is 2. The number of carbonyl (C=O) groups is 1. The smallest absolute Gasteiger partial charge is 0.223 e. The first kappa shape index (κ1) is 15.8. The number of carbonyl (C=O) groups excluding carboxylic acids is 1. The van der Waals surface area contributed by atoms with E-state index in [2.05, 4.69) is 38.0 Å². The average Bonchev–Trinajstić information content (AvgIpc) is 2.37. The largest absolute Gasteiger partial charge is 0.353 e. The van der Waals surface area contributed by atoms with Crippen molar-refractivity contribution in [3.63, 3.8) is 0 Å². The minimum absolute atomic E-state index is 0.105. The predicted molar refractivity (Wildman–Crippen MR) is 82.2 cm³/mol. The molecule has 6 atom stereocenters. The Labute approximate surface area is 123 Å². The second-order valence-corrected chi connectivity index (χ2v) is 7.34. The number of hydrogen-bond acceptors (Lipinski definition) is 3. The monoisotopic (exact) mass is 281 g/mol. The van der Waals surface area contributed by atoms with Gasteiger partial charge < -0.3 is 16.0 Å². The van der Waals surface area contributed by atoms with E-state index in [-0.39, 0.29) is 17.9 Å². The molecule has 6 unspecified atom stereocenters. The Kier molecular flexibility index (Phi) is 5.08. The van der Waals surface area contributed by atoms with Crippen molar-refractivity contribution < 1.29 is 4.79 Å². The van der Waals surface area contributed by atoms with Gasteiger partial charge in [0.2, 0.25) is 5.91 Å². The van der Waals surface area contributed by atoms with Crippen molar-refractivity contribution >= 4 is 5.91 Å². The molecule has 4 nitrogen and oxygen atoms in total. The molecule has 0 aromatic rings. The topological polar surface area (TPSA) is 58.4 Å². The highest BCUT2D eigenvalue weighted by atomic mass is 16.2. The van der Waals surface area contributed by atoms with Gasteiger partial charge in [0.25, 0.3) is 0 Å². The van der Waals surface area contributed by atoms with Gasteiger partial charge in [0, 0.05) is 24.5 Å². The van der Waals surface area contributed by atoms with E-state index in [0.29, 0.717) is 23.8 Å². The third-order valence-electron chi connectivity index (χ3n) is 5.46. The lowest BCUT2D eigenvalue weighted by Gasteiger charge is -2.39. The lowest BCUT2D eigenvalue weighted by Crippen LogP contribution is -2.52. The number of piperidine rings is 1. The molecule has 20 heavy (non-hydrogen) atoms. The van der Waals surface area contributed by atoms with Gasteiger partial charge in [-0.2, -0.15) is 0 Å². The van der Waals surface area contributed by atoms with Crippen molar-refractivity contribution in [3.8, 4) is 0 Å². The predicted octanol–water partition coefficient (Wildman–Crippen LogP) is 1.45. The summed E-state index contributed by atoms with van der Waals surface area (Å²) in [6, 6.07) is 0.512. The van der Waals surface area contributed by atoms with Crippen LogP contribution >= 0.6 is 0 Å². The van der Waals surface area contributed by atoms with Crippen molar-refractivity contribution in [2.24, 2.45) is 29.4 Å². The Morgan fingerprint density at radius 3 is 2.50 bits per heavy atom. The third-order valence-corrected chi connectivity index (χ3v) is 5.46. The van der Waals surface area contributed by atoms with E-state index in [1.54, 1.807) is 0 Å². The highest BCUT2D eigenvalue weighted by Gasteiger charge is 2.36. The van der Waals surface area contributed by atoms with Crippen LogP contribution in [0.1, 0.15) is 40.0 Å². The minimum atomic E-state index is 0.105. The molecule has 1 heterocycles. The molecule has 0 radical (unpaired) electrons. The summed E-state index contributed by atoms with van der Waals surface area (Å²) in [7, 11) is 2.15. The number of rotatable bonds is 2. The fourth-order valence-electron chi connectivity index (χ4n) is 3.91. The van der Waals surface area contributed by atoms with Gasteiger partial charge in [0.15, 0.2) is 0 Å². The summed E-state index contributed by atoms with van der Waals surface area (Å²) in [6.45, 7) is 8.78. The molecule has 0 aromatic carbocycles. The van der Waals surface area contributed by atoms with Crippen molar-refractivity contribution in [2.75, 3.05) is 20.1 Å². The summed E-state index contributed by atoms with van der Waals surface area (Å²) in [6.07, 6.45) is 2.98. The lowest BCUT2D eigenvalue weighted by molar-refractivity contribution is -0.129. The summed E-state index contributed by atoms with van der Waals surface area (Å²) >= 11 is 0. The van der Waals surface area contributed by atoms with E-state index >= 15 is 0 Å². The van der Waals surface area contributed by atoms with Crippen LogP contribution in [0, 0.1) is 23.7 Å². The Hall–Kier alpha value is -0.610. The maximum atomic E-state index is 12.6. The first-order valence-corrected chi connectivity index (χ1v) is 8.13. The molecule has 1 aliphatic heterocycles. The van der Waals surface area contributed by atoms with Gasteiger partial charge in [0.05, 0.1) is 0 Å². The molecule has 2 rings (SSSR count). The SMILES string of the molecule is CC1CC(C)C(C(=O)NC2CCN(C)CC2C)CC1N. The molecule has 0 spiro atoms. The number of nitrogens with two attached hydrogens (primary N) is 1. The Bertz CT molecular complexity index is 347. The molecule has 0 aromatic heterocycles. The Morgan fingerprint density at radius 1 is 1.15 bits per heavy atom. The zero-order valence-corrected chi connectivity index (χ0v) is 13.4. The molecule has 4 heteroatoms. The molecule has 2 aliphatic rings. The van der Waals surface area contributed by atoms with E-state index in [9.17, 15) is 4.79 Å². The van der Waals surface area contributed by atoms with Crippen LogP contribution in [0.25, 0.3) is 0 Å². The fraction of sp³-hybridized carbons (Fsp3) is 0.938. The second kappa shape index (κ2) is 6.44. The third kappa shape index (κ3) is 3.53. The fourth-order valence-corrected chi connectivity index (χ4v) is 3.91. The average molecular weight is 281 g/mol. The molecule has 1 saturated carbocycles. The van der Waals surface area contributed by atoms with Crippen LogP contribution in [0.3, 0.4) is 0 Å². The van der Waals surface area contributed by atoms with Crippen LogP contribution < -0.4 is 11.1 Å². The molecule has 3 N–H and O–H groups in total. The molecular formula is C16H31N3O. The van der Waals surface area contributed by atoms with Crippen molar-refractivity contribution in [1.29, 1.82) is 0 Å². The van der Waals surface area contributed by atoms with Gasteiger partial charge in [-0.3, -0.25) is 4.79 Å². The highest BCUT2D eigenvalue weighted by Crippen LogP contribution is 2.33. The zero-order chi connectivity index (χ0) is 14.9. The molecule has 1 aliphatic carbocycles. The van der Waals surface area contributed by atoms with Crippen LogP contribution in [0.15, 0.2) is 0 Å². The van der Waals surface area contributed by atoms with Crippen LogP contribution in [0.5, 0.6) is 0 Å². The Balaban J connectivity index is 1.91. The minimum Gasteiger partial charge on any atom is -0.353 e. The normalized spacial score (nSPS) is 43.2. The van der Waals surface area contributed by atoms with E-state index in [1.165, 1.54) is 0 Å². The van der Waals surface area contributed by atoms with Gasteiger partial charge in [-0.15, -0.1) is 0 Å². The van der Waals surface area contributed by atoms with Crippen molar-refractivity contribution in [3.05, 3.63) is 0 Å². The Morgan fingerprint density at radius 2 is 1.85 bits per heavy atom. The maximum absolute atomic E-state index is 12.6. The molecule has 1 amide bonds. The molecular weight excluding hydrogens is 250 g/mol. The summed E-state index contributed by atoms with van der Waals surface area (Å²) in [5, 5.41) is 3.30. The van der Waals surface area contributed by atoms with E-state index in [0.717, 1.165) is 32.4 Å². The van der Waals surface area contributed by atoms with E-state index in [1.807, 2.05) is 0 Å². The lowest BCUT2D eigenvalue weighted by atomic mass is 9.72. The van der Waals surface area contributed by atoms with Crippen molar-refractivity contribution in [1.82, 2.24) is 10.2 Å². The van der Waals surface area contributed by atoms with Gasteiger partial charge in [-0.05, 0) is 50.6 Å². The van der Waals surface area contributed by atoms with Crippen LogP contribution in [-0.2, 0) is 4.79 Å². The van der Waals surface area contributed by atoms with Crippen LogP contribution in [0.4, 0.5) is 0 Å². The summed E-state index contributed by atoms with van der Waals surface area (Å²) in [5.74, 6) is 1.86. The highest BCUT2D eigenvalue weighted by molar-refractivity contribution is 5.79. The summed E-state index contributed by atoms with van der Waals surface area (Å²) in [5.41, 5.74) is 6.16. The number of nitrogens with one attached hydrogen (secondary N) is 1. The van der Waals surface area contributed by atoms with Crippen LogP contribution in [0.2, 0.25) is 0 Å². The maximum Gasteiger partial charge on any atom is 0.223 e. The first-order chi connectivity index (χ1) is 9.38. The number of nitrogens with zero attached hydrogens (tertiary/aromatic N) is 1. The van der Waals surface area contributed by atoms with Crippen molar-refractivity contribution in [2.45, 2.75) is 52.1 Å².